The van der Waals surface area contributed by atoms with E-state index in [-0.39, 0.29) is 11.6 Å². The second kappa shape index (κ2) is 5.71. The van der Waals surface area contributed by atoms with E-state index in [1.54, 1.807) is 11.5 Å². The summed E-state index contributed by atoms with van der Waals surface area (Å²) < 4.78 is 45.6. The van der Waals surface area contributed by atoms with Crippen LogP contribution in [0.4, 0.5) is 13.2 Å². The fourth-order valence-corrected chi connectivity index (χ4v) is 2.34. The number of hydrogen-bond acceptors (Lipinski definition) is 3. The summed E-state index contributed by atoms with van der Waals surface area (Å²) >= 11 is 0. The molecule has 21 heavy (non-hydrogen) atoms. The van der Waals surface area contributed by atoms with Gasteiger partial charge in [0.2, 0.25) is 0 Å². The highest BCUT2D eigenvalue weighted by Gasteiger charge is 2.63. The predicted octanol–water partition coefficient (Wildman–Crippen LogP) is 2.68. The maximum Gasteiger partial charge on any atom is 0.432 e. The van der Waals surface area contributed by atoms with E-state index in [2.05, 4.69) is 4.74 Å². The number of alkyl halides is 3. The number of carbonyl (C=O) groups excluding carboxylic acids is 1. The average molecular weight is 307 g/mol. The highest BCUT2D eigenvalue weighted by molar-refractivity contribution is 5.82. The molecule has 7 heteroatoms. The van der Waals surface area contributed by atoms with Crippen LogP contribution in [0.15, 0.2) is 6.07 Å². The van der Waals surface area contributed by atoms with Gasteiger partial charge in [0.25, 0.3) is 5.60 Å². The molecule has 0 fully saturated rings. The van der Waals surface area contributed by atoms with Crippen LogP contribution in [0.5, 0.6) is 0 Å². The van der Waals surface area contributed by atoms with Gasteiger partial charge in [-0.05, 0) is 25.8 Å². The SMILES string of the molecule is COC(=O)[C@@](O)(c1cc(C)n(CC(C)C)c1C)C(F)(F)F. The van der Waals surface area contributed by atoms with E-state index in [4.69, 9.17) is 0 Å². The number of carbonyl (C=O) groups is 1. The molecule has 0 amide bonds. The minimum Gasteiger partial charge on any atom is -0.466 e. The largest absolute Gasteiger partial charge is 0.466 e. The number of aromatic nitrogens is 1. The lowest BCUT2D eigenvalue weighted by molar-refractivity contribution is -0.267. The Balaban J connectivity index is 3.52. The van der Waals surface area contributed by atoms with Crippen LogP contribution < -0.4 is 0 Å². The Morgan fingerprint density at radius 3 is 2.29 bits per heavy atom. The molecule has 1 aromatic heterocycles. The van der Waals surface area contributed by atoms with Crippen molar-refractivity contribution < 1.29 is 27.8 Å². The molecule has 0 aliphatic carbocycles. The molecule has 0 unspecified atom stereocenters. The molecule has 0 saturated carbocycles. The zero-order chi connectivity index (χ0) is 16.6. The Bertz CT molecular complexity index is 534. The normalized spacial score (nSPS) is 15.1. The second-order valence-electron chi connectivity index (χ2n) is 5.49. The summed E-state index contributed by atoms with van der Waals surface area (Å²) in [5.41, 5.74) is -3.40. The maximum atomic E-state index is 13.3. The van der Waals surface area contributed by atoms with Gasteiger partial charge >= 0.3 is 12.1 Å². The number of aliphatic hydroxyl groups is 1. The van der Waals surface area contributed by atoms with Gasteiger partial charge < -0.3 is 14.4 Å². The fraction of sp³-hybridized carbons (Fsp3) is 0.643. The van der Waals surface area contributed by atoms with Crippen LogP contribution in [0.25, 0.3) is 0 Å². The number of aryl methyl sites for hydroxylation is 1. The van der Waals surface area contributed by atoms with Crippen LogP contribution in [-0.2, 0) is 21.7 Å². The fourth-order valence-electron chi connectivity index (χ4n) is 2.34. The lowest BCUT2D eigenvalue weighted by Gasteiger charge is -2.28. The second-order valence-corrected chi connectivity index (χ2v) is 5.49. The number of hydrogen-bond donors (Lipinski definition) is 1. The molecule has 0 saturated heterocycles. The highest BCUT2D eigenvalue weighted by Crippen LogP contribution is 2.42. The third-order valence-electron chi connectivity index (χ3n) is 3.40. The number of nitrogens with zero attached hydrogens (tertiary/aromatic N) is 1. The topological polar surface area (TPSA) is 51.5 Å². The number of methoxy groups -OCH3 is 1. The van der Waals surface area contributed by atoms with Crippen molar-refractivity contribution in [1.29, 1.82) is 0 Å². The van der Waals surface area contributed by atoms with Gasteiger partial charge in [-0.3, -0.25) is 0 Å². The number of ether oxygens (including phenoxy) is 1. The number of halogens is 3. The third-order valence-corrected chi connectivity index (χ3v) is 3.40. The number of esters is 1. The number of rotatable bonds is 4. The molecule has 1 atom stereocenters. The smallest absolute Gasteiger partial charge is 0.432 e. The van der Waals surface area contributed by atoms with Gasteiger partial charge in [-0.15, -0.1) is 0 Å². The summed E-state index contributed by atoms with van der Waals surface area (Å²) in [5, 5.41) is 10.0. The van der Waals surface area contributed by atoms with Crippen LogP contribution in [0, 0.1) is 19.8 Å². The van der Waals surface area contributed by atoms with Gasteiger partial charge in [0.15, 0.2) is 0 Å². The van der Waals surface area contributed by atoms with Crippen molar-refractivity contribution in [2.75, 3.05) is 7.11 Å². The van der Waals surface area contributed by atoms with E-state index in [1.807, 2.05) is 13.8 Å². The van der Waals surface area contributed by atoms with E-state index < -0.39 is 23.3 Å². The molecule has 0 aliphatic rings. The Labute approximate surface area is 121 Å². The molecule has 0 aromatic carbocycles. The third kappa shape index (κ3) is 2.92. The predicted molar refractivity (Wildman–Crippen MR) is 70.7 cm³/mol. The Morgan fingerprint density at radius 1 is 1.38 bits per heavy atom. The molecule has 1 N–H and O–H groups in total. The van der Waals surface area contributed by atoms with Gasteiger partial charge in [-0.2, -0.15) is 13.2 Å². The summed E-state index contributed by atoms with van der Waals surface area (Å²) in [6, 6.07) is 1.18. The summed E-state index contributed by atoms with van der Waals surface area (Å²) in [4.78, 5) is 11.6. The highest BCUT2D eigenvalue weighted by atomic mass is 19.4. The zero-order valence-corrected chi connectivity index (χ0v) is 12.7. The lowest BCUT2D eigenvalue weighted by atomic mass is 9.93. The Kier molecular flexibility index (Phi) is 4.77. The van der Waals surface area contributed by atoms with Crippen molar-refractivity contribution in [3.05, 3.63) is 23.0 Å². The molecule has 0 aliphatic heterocycles. The van der Waals surface area contributed by atoms with Gasteiger partial charge in [0, 0.05) is 23.5 Å². The molecular weight excluding hydrogens is 287 g/mol. The van der Waals surface area contributed by atoms with Crippen LogP contribution in [0.1, 0.15) is 30.8 Å². The van der Waals surface area contributed by atoms with Crippen molar-refractivity contribution in [3.63, 3.8) is 0 Å². The molecule has 1 rings (SSSR count). The summed E-state index contributed by atoms with van der Waals surface area (Å²) in [6.07, 6.45) is -5.17. The molecule has 1 aromatic rings. The van der Waals surface area contributed by atoms with Crippen molar-refractivity contribution >= 4 is 5.97 Å². The first-order valence-corrected chi connectivity index (χ1v) is 6.51. The first-order chi connectivity index (χ1) is 9.46. The minimum atomic E-state index is -5.17. The molecule has 0 radical (unpaired) electrons. The van der Waals surface area contributed by atoms with E-state index in [0.29, 0.717) is 12.2 Å². The standard InChI is InChI=1S/C14H20F3NO3/c1-8(2)7-18-9(3)6-11(10(18)4)13(20,12(19)21-5)14(15,16)17/h6,8,20H,7H2,1-5H3/t13-/m0/s1. The molecule has 0 bridgehead atoms. The first-order valence-electron chi connectivity index (χ1n) is 6.51. The zero-order valence-electron chi connectivity index (χ0n) is 12.7. The first kappa shape index (κ1) is 17.6. The summed E-state index contributed by atoms with van der Waals surface area (Å²) in [5.74, 6) is -1.53. The Hall–Kier alpha value is -1.50. The average Bonchev–Trinajstić information content (AvgIpc) is 2.63. The van der Waals surface area contributed by atoms with Crippen LogP contribution >= 0.6 is 0 Å². The van der Waals surface area contributed by atoms with Gasteiger partial charge in [-0.25, -0.2) is 4.79 Å². The molecule has 1 heterocycles. The molecular formula is C14H20F3NO3. The van der Waals surface area contributed by atoms with Gasteiger partial charge in [0.1, 0.15) is 0 Å². The molecule has 0 spiro atoms. The van der Waals surface area contributed by atoms with Crippen LogP contribution in [0.3, 0.4) is 0 Å². The van der Waals surface area contributed by atoms with Crippen LogP contribution in [-0.4, -0.2) is 28.9 Å². The summed E-state index contributed by atoms with van der Waals surface area (Å²) in [7, 11) is 0.812. The van der Waals surface area contributed by atoms with Crippen LogP contribution in [0.2, 0.25) is 0 Å². The van der Waals surface area contributed by atoms with Crippen molar-refractivity contribution in [2.45, 2.75) is 46.0 Å². The molecule has 4 nitrogen and oxygen atoms in total. The maximum absolute atomic E-state index is 13.3. The molecule has 120 valence electrons. The minimum absolute atomic E-state index is 0.200. The van der Waals surface area contributed by atoms with Gasteiger partial charge in [0.05, 0.1) is 7.11 Å². The van der Waals surface area contributed by atoms with E-state index in [9.17, 15) is 23.1 Å². The van der Waals surface area contributed by atoms with E-state index in [1.165, 1.54) is 13.0 Å². The Morgan fingerprint density at radius 2 is 1.90 bits per heavy atom. The summed E-state index contributed by atoms with van der Waals surface area (Å²) in [6.45, 7) is 7.42. The van der Waals surface area contributed by atoms with Crippen molar-refractivity contribution in [3.8, 4) is 0 Å². The monoisotopic (exact) mass is 307 g/mol. The van der Waals surface area contributed by atoms with Crippen molar-refractivity contribution in [1.82, 2.24) is 4.57 Å². The van der Waals surface area contributed by atoms with Crippen molar-refractivity contribution in [2.24, 2.45) is 5.92 Å². The van der Waals surface area contributed by atoms with E-state index >= 15 is 0 Å². The lowest BCUT2D eigenvalue weighted by Crippen LogP contribution is -2.50. The quantitative estimate of drug-likeness (QED) is 0.870. The van der Waals surface area contributed by atoms with E-state index in [0.717, 1.165) is 7.11 Å². The van der Waals surface area contributed by atoms with Gasteiger partial charge in [-0.1, -0.05) is 13.8 Å².